The van der Waals surface area contributed by atoms with Crippen LogP contribution in [0.5, 0.6) is 11.6 Å². The maximum absolute atomic E-state index is 13.0. The number of nitrogen functional groups attached to an aromatic ring is 2. The molecule has 146 valence electrons. The zero-order chi connectivity index (χ0) is 21.0. The molecule has 7 nitrogen and oxygen atoms in total. The van der Waals surface area contributed by atoms with Gasteiger partial charge in [-0.05, 0) is 29.8 Å². The quantitative estimate of drug-likeness (QED) is 0.392. The summed E-state index contributed by atoms with van der Waals surface area (Å²) in [7, 11) is 0. The normalized spacial score (nSPS) is 14.5. The Morgan fingerprint density at radius 3 is 2.53 bits per heavy atom. The summed E-state index contributed by atoms with van der Waals surface area (Å²) in [6, 6.07) is 16.0. The molecule has 0 saturated heterocycles. The topological polar surface area (TPSA) is 128 Å². The molecule has 30 heavy (non-hydrogen) atoms. The first-order valence-electron chi connectivity index (χ1n) is 8.97. The van der Waals surface area contributed by atoms with Crippen LogP contribution >= 0.6 is 11.6 Å². The Bertz CT molecular complexity index is 1440. The van der Waals surface area contributed by atoms with Gasteiger partial charge in [0.25, 0.3) is 0 Å². The van der Waals surface area contributed by atoms with E-state index >= 15 is 0 Å². The molecule has 5 rings (SSSR count). The van der Waals surface area contributed by atoms with Crippen LogP contribution in [-0.4, -0.2) is 4.98 Å². The van der Waals surface area contributed by atoms with E-state index in [-0.39, 0.29) is 28.5 Å². The first-order chi connectivity index (χ1) is 14.5. The van der Waals surface area contributed by atoms with E-state index in [2.05, 4.69) is 4.98 Å². The number of rotatable bonds is 1. The van der Waals surface area contributed by atoms with Crippen molar-refractivity contribution in [1.29, 1.82) is 5.26 Å². The average Bonchev–Trinajstić information content (AvgIpc) is 2.73. The number of halogens is 1. The van der Waals surface area contributed by atoms with Crippen LogP contribution in [0.15, 0.2) is 57.7 Å². The molecule has 1 atom stereocenters. The summed E-state index contributed by atoms with van der Waals surface area (Å²) in [6.45, 7) is 0. The van der Waals surface area contributed by atoms with Gasteiger partial charge in [-0.15, -0.1) is 0 Å². The van der Waals surface area contributed by atoms with Crippen LogP contribution in [0, 0.1) is 11.3 Å². The predicted octanol–water partition coefficient (Wildman–Crippen LogP) is 4.16. The molecule has 1 aliphatic heterocycles. The van der Waals surface area contributed by atoms with Gasteiger partial charge in [0.15, 0.2) is 5.75 Å². The van der Waals surface area contributed by atoms with Gasteiger partial charge >= 0.3 is 5.63 Å². The third-order valence-corrected chi connectivity index (χ3v) is 5.41. The minimum atomic E-state index is -0.679. The zero-order valence-electron chi connectivity index (χ0n) is 15.3. The molecule has 4 aromatic rings. The number of benzene rings is 2. The van der Waals surface area contributed by atoms with Gasteiger partial charge in [0.2, 0.25) is 5.88 Å². The number of nitrogens with two attached hydrogens (primary N) is 2. The Kier molecular flexibility index (Phi) is 3.91. The summed E-state index contributed by atoms with van der Waals surface area (Å²) in [5.41, 5.74) is 13.6. The minimum Gasteiger partial charge on any atom is -0.437 e. The summed E-state index contributed by atoms with van der Waals surface area (Å²) in [5, 5.41) is 10.6. The van der Waals surface area contributed by atoms with Crippen molar-refractivity contribution in [1.82, 2.24) is 4.98 Å². The molecule has 2 aromatic carbocycles. The van der Waals surface area contributed by atoms with Crippen LogP contribution in [0.1, 0.15) is 28.2 Å². The maximum Gasteiger partial charge on any atom is 0.344 e. The second kappa shape index (κ2) is 6.51. The second-order valence-electron chi connectivity index (χ2n) is 6.83. The van der Waals surface area contributed by atoms with Crippen molar-refractivity contribution in [2.45, 2.75) is 5.92 Å². The van der Waals surface area contributed by atoms with Crippen molar-refractivity contribution in [3.63, 3.8) is 0 Å². The van der Waals surface area contributed by atoms with Gasteiger partial charge in [-0.1, -0.05) is 35.9 Å². The molecule has 2 aromatic heterocycles. The van der Waals surface area contributed by atoms with Gasteiger partial charge in [0.05, 0.1) is 28.1 Å². The van der Waals surface area contributed by atoms with Crippen LogP contribution in [0.3, 0.4) is 0 Å². The van der Waals surface area contributed by atoms with Crippen LogP contribution in [0.2, 0.25) is 5.02 Å². The van der Waals surface area contributed by atoms with E-state index in [9.17, 15) is 10.1 Å². The number of fused-ring (bicyclic) bond motifs is 4. The van der Waals surface area contributed by atoms with Crippen LogP contribution in [-0.2, 0) is 0 Å². The number of para-hydroxylation sites is 1. The monoisotopic (exact) mass is 416 g/mol. The lowest BCUT2D eigenvalue weighted by Crippen LogP contribution is -2.23. The summed E-state index contributed by atoms with van der Waals surface area (Å²) < 4.78 is 11.6. The third-order valence-electron chi connectivity index (χ3n) is 5.16. The molecule has 8 heteroatoms. The molecule has 1 unspecified atom stereocenters. The van der Waals surface area contributed by atoms with Crippen molar-refractivity contribution < 1.29 is 9.15 Å². The maximum atomic E-state index is 13.0. The highest BCUT2D eigenvalue weighted by molar-refractivity contribution is 6.30. The first kappa shape index (κ1) is 18.0. The smallest absolute Gasteiger partial charge is 0.344 e. The van der Waals surface area contributed by atoms with Crippen molar-refractivity contribution in [3.05, 3.63) is 86.2 Å². The fourth-order valence-electron chi connectivity index (χ4n) is 3.81. The van der Waals surface area contributed by atoms with Gasteiger partial charge < -0.3 is 20.6 Å². The minimum absolute atomic E-state index is 0.0324. The summed E-state index contributed by atoms with van der Waals surface area (Å²) in [4.78, 5) is 17.3. The Hall–Kier alpha value is -4.02. The first-order valence-corrected chi connectivity index (χ1v) is 9.35. The molecule has 4 N–H and O–H groups in total. The van der Waals surface area contributed by atoms with Gasteiger partial charge in [-0.2, -0.15) is 10.2 Å². The Balaban J connectivity index is 1.92. The molecule has 0 saturated carbocycles. The number of nitriles is 1. The van der Waals surface area contributed by atoms with Crippen LogP contribution < -0.4 is 21.8 Å². The lowest BCUT2D eigenvalue weighted by molar-refractivity contribution is 0.425. The lowest BCUT2D eigenvalue weighted by Gasteiger charge is -2.29. The standard InChI is InChI=1S/C22H13ClN4O3/c23-11-7-5-10(6-8-11)15-16-18(25)13(9-24)20(26)27-21(16)30-19-12-3-1-2-4-14(12)29-22(28)17(15)19/h1-8,15H,(H4,25,26,27). The van der Waals surface area contributed by atoms with Gasteiger partial charge in [-0.3, -0.25) is 0 Å². The molecule has 0 fully saturated rings. The number of ether oxygens (including phenoxy) is 1. The van der Waals surface area contributed by atoms with Gasteiger partial charge in [0.1, 0.15) is 23.0 Å². The average molecular weight is 417 g/mol. The molecule has 0 bridgehead atoms. The number of hydrogen-bond donors (Lipinski definition) is 2. The zero-order valence-corrected chi connectivity index (χ0v) is 16.1. The van der Waals surface area contributed by atoms with Crippen molar-refractivity contribution >= 4 is 34.1 Å². The molecule has 0 spiro atoms. The number of pyridine rings is 1. The highest BCUT2D eigenvalue weighted by Crippen LogP contribution is 2.50. The lowest BCUT2D eigenvalue weighted by atomic mass is 9.82. The van der Waals surface area contributed by atoms with E-state index < -0.39 is 11.5 Å². The van der Waals surface area contributed by atoms with Crippen molar-refractivity contribution in [2.75, 3.05) is 11.5 Å². The molecular formula is C22H13ClN4O3. The largest absolute Gasteiger partial charge is 0.437 e. The fourth-order valence-corrected chi connectivity index (χ4v) is 3.94. The third kappa shape index (κ3) is 2.51. The van der Waals surface area contributed by atoms with Crippen molar-refractivity contribution in [3.8, 4) is 17.7 Å². The van der Waals surface area contributed by atoms with E-state index in [1.165, 1.54) is 0 Å². The number of nitrogens with zero attached hydrogens (tertiary/aromatic N) is 2. The van der Waals surface area contributed by atoms with Gasteiger partial charge in [-0.25, -0.2) is 4.79 Å². The molecule has 0 amide bonds. The van der Waals surface area contributed by atoms with E-state index in [1.807, 2.05) is 12.1 Å². The van der Waals surface area contributed by atoms with Crippen LogP contribution in [0.25, 0.3) is 11.0 Å². The van der Waals surface area contributed by atoms with E-state index in [0.29, 0.717) is 27.3 Å². The van der Waals surface area contributed by atoms with Crippen LogP contribution in [0.4, 0.5) is 11.5 Å². The summed E-state index contributed by atoms with van der Waals surface area (Å²) in [5.74, 6) is -0.251. The molecule has 3 heterocycles. The number of hydrogen-bond acceptors (Lipinski definition) is 7. The highest BCUT2D eigenvalue weighted by Gasteiger charge is 2.37. The van der Waals surface area contributed by atoms with E-state index in [1.54, 1.807) is 42.5 Å². The Morgan fingerprint density at radius 1 is 1.07 bits per heavy atom. The van der Waals surface area contributed by atoms with E-state index in [4.69, 9.17) is 32.2 Å². The molecule has 1 aliphatic rings. The molecular weight excluding hydrogens is 404 g/mol. The van der Waals surface area contributed by atoms with E-state index in [0.717, 1.165) is 5.56 Å². The molecule has 0 aliphatic carbocycles. The summed E-state index contributed by atoms with van der Waals surface area (Å²) in [6.07, 6.45) is 0. The summed E-state index contributed by atoms with van der Waals surface area (Å²) >= 11 is 6.06. The van der Waals surface area contributed by atoms with Crippen molar-refractivity contribution in [2.24, 2.45) is 0 Å². The van der Waals surface area contributed by atoms with Gasteiger partial charge in [0, 0.05) is 5.02 Å². The SMILES string of the molecule is N#Cc1c(N)nc2c(c1N)C(c1ccc(Cl)cc1)c1c(c3ccccc3oc1=O)O2. The Morgan fingerprint density at radius 2 is 1.80 bits per heavy atom. The Labute approximate surface area is 175 Å². The fraction of sp³-hybridized carbons (Fsp3) is 0.0455. The highest BCUT2D eigenvalue weighted by atomic mass is 35.5. The predicted molar refractivity (Wildman–Crippen MR) is 113 cm³/mol. The number of aromatic nitrogens is 1. The molecule has 0 radical (unpaired) electrons. The second-order valence-corrected chi connectivity index (χ2v) is 7.27. The number of anilines is 2.